The minimum absolute atomic E-state index is 0.0351. The molecule has 1 aliphatic rings. The van der Waals surface area contributed by atoms with Gasteiger partial charge in [-0.05, 0) is 67.6 Å². The van der Waals surface area contributed by atoms with Crippen LogP contribution in [0.25, 0.3) is 0 Å². The van der Waals surface area contributed by atoms with E-state index in [4.69, 9.17) is 11.6 Å². The first kappa shape index (κ1) is 30.5. The van der Waals surface area contributed by atoms with Gasteiger partial charge in [0.15, 0.2) is 0 Å². The molecule has 1 N–H and O–H groups in total. The van der Waals surface area contributed by atoms with Crippen LogP contribution in [0.4, 0.5) is 10.1 Å². The van der Waals surface area contributed by atoms with Crippen LogP contribution in [0.15, 0.2) is 77.7 Å². The molecule has 7 nitrogen and oxygen atoms in total. The largest absolute Gasteiger partial charge is 0.352 e. The number of anilines is 1. The summed E-state index contributed by atoms with van der Waals surface area (Å²) in [6.45, 7) is 3.25. The van der Waals surface area contributed by atoms with Crippen molar-refractivity contribution in [1.82, 2.24) is 10.2 Å². The third-order valence-electron chi connectivity index (χ3n) is 7.49. The molecule has 1 atom stereocenters. The fourth-order valence-electron chi connectivity index (χ4n) is 5.15. The Balaban J connectivity index is 1.73. The molecule has 0 unspecified atom stereocenters. The molecule has 1 saturated carbocycles. The average molecular weight is 600 g/mol. The molecule has 0 saturated heterocycles. The second-order valence-electron chi connectivity index (χ2n) is 10.3. The van der Waals surface area contributed by atoms with Gasteiger partial charge >= 0.3 is 0 Å². The maximum Gasteiger partial charge on any atom is 0.264 e. The molecule has 1 aliphatic carbocycles. The van der Waals surface area contributed by atoms with Gasteiger partial charge in [0.2, 0.25) is 11.8 Å². The highest BCUT2D eigenvalue weighted by atomic mass is 35.5. The van der Waals surface area contributed by atoms with Gasteiger partial charge in [0.25, 0.3) is 10.0 Å². The summed E-state index contributed by atoms with van der Waals surface area (Å²) in [5.41, 5.74) is 1.82. The first-order valence-electron chi connectivity index (χ1n) is 13.8. The normalized spacial score (nSPS) is 14.4. The van der Waals surface area contributed by atoms with Crippen LogP contribution < -0.4 is 9.62 Å². The Morgan fingerprint density at radius 1 is 1.02 bits per heavy atom. The van der Waals surface area contributed by atoms with Crippen molar-refractivity contribution in [2.24, 2.45) is 0 Å². The van der Waals surface area contributed by atoms with Crippen molar-refractivity contribution >= 4 is 39.1 Å². The summed E-state index contributed by atoms with van der Waals surface area (Å²) in [5, 5.41) is 2.82. The molecule has 0 aliphatic heterocycles. The Morgan fingerprint density at radius 3 is 2.32 bits per heavy atom. The van der Waals surface area contributed by atoms with Crippen LogP contribution in [0.2, 0.25) is 5.02 Å². The first-order valence-corrected chi connectivity index (χ1v) is 15.6. The molecule has 4 rings (SSSR count). The van der Waals surface area contributed by atoms with E-state index in [9.17, 15) is 22.4 Å². The lowest BCUT2D eigenvalue weighted by atomic mass is 10.1. The first-order chi connectivity index (χ1) is 19.6. The summed E-state index contributed by atoms with van der Waals surface area (Å²) < 4.78 is 42.6. The summed E-state index contributed by atoms with van der Waals surface area (Å²) in [6.07, 6.45) is 4.20. The van der Waals surface area contributed by atoms with E-state index >= 15 is 0 Å². The third kappa shape index (κ3) is 7.26. The minimum Gasteiger partial charge on any atom is -0.352 e. The quantitative estimate of drug-likeness (QED) is 0.300. The predicted octanol–water partition coefficient (Wildman–Crippen LogP) is 5.85. The van der Waals surface area contributed by atoms with Gasteiger partial charge in [-0.25, -0.2) is 12.8 Å². The summed E-state index contributed by atoms with van der Waals surface area (Å²) in [5.74, 6) is -1.54. The molecule has 3 aromatic rings. The second kappa shape index (κ2) is 13.5. The summed E-state index contributed by atoms with van der Waals surface area (Å²) in [7, 11) is -4.26. The maximum absolute atomic E-state index is 14.1. The number of aryl methyl sites for hydroxylation is 1. The molecule has 0 spiro atoms. The number of amides is 2. The number of nitrogens with one attached hydrogen (secondary N) is 1. The van der Waals surface area contributed by atoms with Gasteiger partial charge in [-0.15, -0.1) is 0 Å². The number of sulfonamides is 1. The van der Waals surface area contributed by atoms with Crippen molar-refractivity contribution in [2.75, 3.05) is 10.8 Å². The van der Waals surface area contributed by atoms with Crippen LogP contribution in [0.3, 0.4) is 0 Å². The van der Waals surface area contributed by atoms with Gasteiger partial charge in [0.1, 0.15) is 18.4 Å². The van der Waals surface area contributed by atoms with E-state index in [0.717, 1.165) is 47.2 Å². The monoisotopic (exact) mass is 599 g/mol. The van der Waals surface area contributed by atoms with Gasteiger partial charge in [0.05, 0.1) is 15.6 Å². The molecule has 0 aromatic heterocycles. The molecule has 1 fully saturated rings. The zero-order valence-corrected chi connectivity index (χ0v) is 24.8. The van der Waals surface area contributed by atoms with Crippen LogP contribution in [0.5, 0.6) is 0 Å². The SMILES string of the molecule is CC[C@H](C(=O)NC1CCCC1)N(Cc1ccccc1C)C(=O)CN(c1ccc(F)c(Cl)c1)S(=O)(=O)c1ccccc1. The van der Waals surface area contributed by atoms with Crippen molar-refractivity contribution in [3.05, 3.63) is 94.8 Å². The Kier molecular flexibility index (Phi) is 10.0. The van der Waals surface area contributed by atoms with Crippen LogP contribution in [0.1, 0.15) is 50.2 Å². The fraction of sp³-hybridized carbons (Fsp3) is 0.355. The Bertz CT molecular complexity index is 1480. The Labute approximate surface area is 246 Å². The molecule has 0 radical (unpaired) electrons. The standard InChI is InChI=1S/C31H35ClFN3O4S/c1-3-29(31(38)34-24-13-9-10-14-24)35(20-23-12-8-7-11-22(23)2)30(37)21-36(25-17-18-28(33)27(32)19-25)41(39,40)26-15-5-4-6-16-26/h4-8,11-12,15-19,24,29H,3,9-10,13-14,20-21H2,1-2H3,(H,34,38)/t29-/m1/s1. The average Bonchev–Trinajstić information content (AvgIpc) is 3.47. The highest BCUT2D eigenvalue weighted by molar-refractivity contribution is 7.92. The maximum atomic E-state index is 14.1. The van der Waals surface area contributed by atoms with E-state index in [1.807, 2.05) is 38.1 Å². The molecule has 0 bridgehead atoms. The van der Waals surface area contributed by atoms with E-state index in [2.05, 4.69) is 5.32 Å². The highest BCUT2D eigenvalue weighted by Gasteiger charge is 2.35. The van der Waals surface area contributed by atoms with E-state index in [1.54, 1.807) is 18.2 Å². The summed E-state index contributed by atoms with van der Waals surface area (Å²) in [6, 6.07) is 18.0. The molecule has 3 aromatic carbocycles. The lowest BCUT2D eigenvalue weighted by Crippen LogP contribution is -2.53. The van der Waals surface area contributed by atoms with E-state index in [-0.39, 0.29) is 34.1 Å². The zero-order valence-electron chi connectivity index (χ0n) is 23.2. The number of rotatable bonds is 11. The fourth-order valence-corrected chi connectivity index (χ4v) is 6.75. The summed E-state index contributed by atoms with van der Waals surface area (Å²) in [4.78, 5) is 29.1. The second-order valence-corrected chi connectivity index (χ2v) is 12.6. The molecule has 41 heavy (non-hydrogen) atoms. The molecule has 218 valence electrons. The third-order valence-corrected chi connectivity index (χ3v) is 9.57. The number of halogens is 2. The number of hydrogen-bond donors (Lipinski definition) is 1. The van der Waals surface area contributed by atoms with Crippen molar-refractivity contribution < 1.29 is 22.4 Å². The molecular weight excluding hydrogens is 565 g/mol. The number of benzene rings is 3. The molecular formula is C31H35ClFN3O4S. The lowest BCUT2D eigenvalue weighted by Gasteiger charge is -2.34. The topological polar surface area (TPSA) is 86.8 Å². The Hall–Kier alpha value is -3.43. The molecule has 2 amide bonds. The number of hydrogen-bond acceptors (Lipinski definition) is 4. The van der Waals surface area contributed by atoms with Crippen LogP contribution >= 0.6 is 11.6 Å². The van der Waals surface area contributed by atoms with Crippen LogP contribution in [-0.2, 0) is 26.2 Å². The van der Waals surface area contributed by atoms with Crippen molar-refractivity contribution in [1.29, 1.82) is 0 Å². The predicted molar refractivity (Wildman–Crippen MR) is 159 cm³/mol. The highest BCUT2D eigenvalue weighted by Crippen LogP contribution is 2.29. The molecule has 10 heteroatoms. The van der Waals surface area contributed by atoms with E-state index in [0.29, 0.717) is 6.42 Å². The minimum atomic E-state index is -4.26. The van der Waals surface area contributed by atoms with E-state index < -0.39 is 34.3 Å². The number of nitrogens with zero attached hydrogens (tertiary/aromatic N) is 2. The van der Waals surface area contributed by atoms with Crippen molar-refractivity contribution in [2.45, 2.75) is 69.5 Å². The van der Waals surface area contributed by atoms with Gasteiger partial charge in [0, 0.05) is 12.6 Å². The van der Waals surface area contributed by atoms with Gasteiger partial charge in [-0.2, -0.15) is 0 Å². The number of carbonyl (C=O) groups is 2. The lowest BCUT2D eigenvalue weighted by molar-refractivity contribution is -0.140. The van der Waals surface area contributed by atoms with Gasteiger partial charge < -0.3 is 10.2 Å². The van der Waals surface area contributed by atoms with Crippen molar-refractivity contribution in [3.63, 3.8) is 0 Å². The zero-order chi connectivity index (χ0) is 29.6. The Morgan fingerprint density at radius 2 is 1.68 bits per heavy atom. The number of carbonyl (C=O) groups excluding carboxylic acids is 2. The molecule has 0 heterocycles. The van der Waals surface area contributed by atoms with Crippen LogP contribution in [-0.4, -0.2) is 43.8 Å². The van der Waals surface area contributed by atoms with E-state index in [1.165, 1.54) is 29.2 Å². The summed E-state index contributed by atoms with van der Waals surface area (Å²) >= 11 is 6.03. The van der Waals surface area contributed by atoms with Crippen LogP contribution in [0, 0.1) is 12.7 Å². The smallest absolute Gasteiger partial charge is 0.264 e. The van der Waals surface area contributed by atoms with Crippen molar-refractivity contribution in [3.8, 4) is 0 Å². The van der Waals surface area contributed by atoms with Gasteiger partial charge in [-0.1, -0.05) is 73.8 Å². The van der Waals surface area contributed by atoms with Gasteiger partial charge in [-0.3, -0.25) is 13.9 Å².